The maximum Gasteiger partial charge on any atom is 0.159 e. The zero-order valence-corrected chi connectivity index (χ0v) is 21.2. The van der Waals surface area contributed by atoms with Gasteiger partial charge in [0.1, 0.15) is 0 Å². The molecule has 0 atom stereocenters. The summed E-state index contributed by atoms with van der Waals surface area (Å²) < 4.78 is 0. The molecule has 0 bridgehead atoms. The Hall–Kier alpha value is -1.70. The van der Waals surface area contributed by atoms with Crippen LogP contribution in [0.25, 0.3) is 11.4 Å². The van der Waals surface area contributed by atoms with E-state index in [-0.39, 0.29) is 0 Å². The molecule has 2 aromatic rings. The van der Waals surface area contributed by atoms with Crippen LogP contribution in [-0.4, -0.2) is 9.97 Å². The molecule has 1 aromatic heterocycles. The Morgan fingerprint density at radius 1 is 0.594 bits per heavy atom. The van der Waals surface area contributed by atoms with Crippen LogP contribution in [0.4, 0.5) is 0 Å². The van der Waals surface area contributed by atoms with E-state index in [1.165, 1.54) is 107 Å². The number of benzene rings is 1. The van der Waals surface area contributed by atoms with Gasteiger partial charge in [-0.15, -0.1) is 0 Å². The van der Waals surface area contributed by atoms with Crippen LogP contribution in [0.15, 0.2) is 36.7 Å². The molecule has 0 N–H and O–H groups in total. The lowest BCUT2D eigenvalue weighted by molar-refractivity contribution is 0.527. The monoisotopic (exact) mass is 436 g/mol. The van der Waals surface area contributed by atoms with E-state index in [1.54, 1.807) is 0 Å². The van der Waals surface area contributed by atoms with Gasteiger partial charge in [0.05, 0.1) is 0 Å². The Kier molecular flexibility index (Phi) is 14.0. The van der Waals surface area contributed by atoms with Crippen molar-refractivity contribution < 1.29 is 0 Å². The first-order valence-electron chi connectivity index (χ1n) is 13.6. The average molecular weight is 437 g/mol. The molecule has 0 aliphatic carbocycles. The summed E-state index contributed by atoms with van der Waals surface area (Å²) in [6.07, 6.45) is 25.5. The minimum atomic E-state index is 0.829. The van der Waals surface area contributed by atoms with Crippen molar-refractivity contribution in [1.29, 1.82) is 0 Å². The predicted molar refractivity (Wildman–Crippen MR) is 140 cm³/mol. The molecule has 0 saturated heterocycles. The minimum Gasteiger partial charge on any atom is -0.236 e. The zero-order chi connectivity index (χ0) is 22.9. The molecule has 2 rings (SSSR count). The summed E-state index contributed by atoms with van der Waals surface area (Å²) in [5.74, 6) is 1.68. The van der Waals surface area contributed by atoms with Crippen LogP contribution in [-0.2, 0) is 12.8 Å². The molecule has 2 nitrogen and oxygen atoms in total. The Morgan fingerprint density at radius 3 is 1.66 bits per heavy atom. The molecular weight excluding hydrogens is 388 g/mol. The van der Waals surface area contributed by atoms with Crippen molar-refractivity contribution >= 4 is 0 Å². The van der Waals surface area contributed by atoms with E-state index in [4.69, 9.17) is 0 Å². The quantitative estimate of drug-likeness (QED) is 0.217. The minimum absolute atomic E-state index is 0.829. The van der Waals surface area contributed by atoms with Crippen molar-refractivity contribution in [1.82, 2.24) is 9.97 Å². The number of aromatic nitrogens is 2. The maximum absolute atomic E-state index is 4.63. The van der Waals surface area contributed by atoms with Crippen LogP contribution in [0, 0.1) is 5.92 Å². The lowest BCUT2D eigenvalue weighted by Crippen LogP contribution is -1.94. The van der Waals surface area contributed by atoms with Crippen molar-refractivity contribution in [3.63, 3.8) is 0 Å². The van der Waals surface area contributed by atoms with Gasteiger partial charge in [0.2, 0.25) is 0 Å². The topological polar surface area (TPSA) is 25.8 Å². The fourth-order valence-electron chi connectivity index (χ4n) is 4.33. The van der Waals surface area contributed by atoms with Crippen LogP contribution in [0.1, 0.15) is 122 Å². The summed E-state index contributed by atoms with van der Waals surface area (Å²) in [5, 5.41) is 0. The van der Waals surface area contributed by atoms with Crippen LogP contribution >= 0.6 is 0 Å². The van der Waals surface area contributed by atoms with Crippen molar-refractivity contribution in [2.75, 3.05) is 0 Å². The lowest BCUT2D eigenvalue weighted by Gasteiger charge is -2.06. The molecule has 178 valence electrons. The number of hydrogen-bond donors (Lipinski definition) is 0. The van der Waals surface area contributed by atoms with Gasteiger partial charge in [0.25, 0.3) is 0 Å². The smallest absolute Gasteiger partial charge is 0.159 e. The van der Waals surface area contributed by atoms with Crippen LogP contribution in [0.3, 0.4) is 0 Å². The SMILES string of the molecule is CCCCCCCCCCCCc1cnc(-c2ccc(CCCCCC(C)C)cc2)nc1. The van der Waals surface area contributed by atoms with E-state index < -0.39 is 0 Å². The van der Waals surface area contributed by atoms with Gasteiger partial charge in [-0.25, -0.2) is 9.97 Å². The molecule has 0 radical (unpaired) electrons. The zero-order valence-electron chi connectivity index (χ0n) is 21.2. The summed E-state index contributed by atoms with van der Waals surface area (Å²) in [7, 11) is 0. The molecule has 2 heteroatoms. The summed E-state index contributed by atoms with van der Waals surface area (Å²) in [6, 6.07) is 8.86. The first-order valence-corrected chi connectivity index (χ1v) is 13.6. The summed E-state index contributed by atoms with van der Waals surface area (Å²) in [4.78, 5) is 9.27. The maximum atomic E-state index is 4.63. The Balaban J connectivity index is 1.60. The van der Waals surface area contributed by atoms with Gasteiger partial charge >= 0.3 is 0 Å². The largest absolute Gasteiger partial charge is 0.236 e. The molecule has 0 aliphatic rings. The number of nitrogens with zero attached hydrogens (tertiary/aromatic N) is 2. The highest BCUT2D eigenvalue weighted by atomic mass is 14.9. The number of aryl methyl sites for hydroxylation is 2. The highest BCUT2D eigenvalue weighted by molar-refractivity contribution is 5.55. The molecular formula is C30H48N2. The fraction of sp³-hybridized carbons (Fsp3) is 0.667. The van der Waals surface area contributed by atoms with Crippen LogP contribution in [0.5, 0.6) is 0 Å². The van der Waals surface area contributed by atoms with E-state index in [2.05, 4.69) is 55.0 Å². The van der Waals surface area contributed by atoms with Crippen LogP contribution < -0.4 is 0 Å². The lowest BCUT2D eigenvalue weighted by atomic mass is 10.0. The summed E-state index contributed by atoms with van der Waals surface area (Å²) in [5.41, 5.74) is 3.82. The van der Waals surface area contributed by atoms with E-state index in [9.17, 15) is 0 Å². The second kappa shape index (κ2) is 16.9. The number of unbranched alkanes of at least 4 members (excludes halogenated alkanes) is 11. The predicted octanol–water partition coefficient (Wildman–Crippen LogP) is 9.37. The summed E-state index contributed by atoms with van der Waals surface area (Å²) >= 11 is 0. The van der Waals surface area contributed by atoms with E-state index in [1.807, 2.05) is 12.4 Å². The van der Waals surface area contributed by atoms with Gasteiger partial charge in [-0.2, -0.15) is 0 Å². The van der Waals surface area contributed by atoms with Crippen molar-refractivity contribution in [2.24, 2.45) is 5.92 Å². The molecule has 0 aliphatic heterocycles. The fourth-order valence-corrected chi connectivity index (χ4v) is 4.33. The first-order chi connectivity index (χ1) is 15.7. The van der Waals surface area contributed by atoms with Gasteiger partial charge < -0.3 is 0 Å². The van der Waals surface area contributed by atoms with Gasteiger partial charge in [-0.1, -0.05) is 122 Å². The molecule has 32 heavy (non-hydrogen) atoms. The van der Waals surface area contributed by atoms with Crippen molar-refractivity contribution in [3.05, 3.63) is 47.8 Å². The normalized spacial score (nSPS) is 11.4. The van der Waals surface area contributed by atoms with Gasteiger partial charge in [0, 0.05) is 18.0 Å². The molecule has 0 amide bonds. The Labute approximate surface area is 198 Å². The van der Waals surface area contributed by atoms with Gasteiger partial charge in [-0.3, -0.25) is 0 Å². The molecule has 0 spiro atoms. The summed E-state index contributed by atoms with van der Waals surface area (Å²) in [6.45, 7) is 6.91. The standard InChI is InChI=1S/C30H48N2/c1-4-5-6-7-8-9-10-11-12-15-19-28-24-31-30(32-25-28)29-22-20-27(21-23-29)18-16-13-14-17-26(2)3/h20-26H,4-19H2,1-3H3. The van der Waals surface area contributed by atoms with E-state index in [0.29, 0.717) is 0 Å². The van der Waals surface area contributed by atoms with E-state index >= 15 is 0 Å². The number of hydrogen-bond acceptors (Lipinski definition) is 2. The second-order valence-corrected chi connectivity index (χ2v) is 10.0. The Morgan fingerprint density at radius 2 is 1.09 bits per heavy atom. The molecule has 1 heterocycles. The molecule has 0 unspecified atom stereocenters. The third-order valence-electron chi connectivity index (χ3n) is 6.48. The highest BCUT2D eigenvalue weighted by Crippen LogP contribution is 2.18. The third-order valence-corrected chi connectivity index (χ3v) is 6.48. The van der Waals surface area contributed by atoms with Crippen LogP contribution in [0.2, 0.25) is 0 Å². The molecule has 1 aromatic carbocycles. The van der Waals surface area contributed by atoms with Crippen molar-refractivity contribution in [2.45, 2.75) is 124 Å². The average Bonchev–Trinajstić information content (AvgIpc) is 2.81. The van der Waals surface area contributed by atoms with Gasteiger partial charge in [-0.05, 0) is 42.7 Å². The highest BCUT2D eigenvalue weighted by Gasteiger charge is 2.03. The first kappa shape index (κ1) is 26.6. The second-order valence-electron chi connectivity index (χ2n) is 10.0. The van der Waals surface area contributed by atoms with E-state index in [0.717, 1.165) is 23.7 Å². The Bertz CT molecular complexity index is 688. The van der Waals surface area contributed by atoms with Gasteiger partial charge in [0.15, 0.2) is 5.82 Å². The third kappa shape index (κ3) is 11.8. The van der Waals surface area contributed by atoms with Crippen molar-refractivity contribution in [3.8, 4) is 11.4 Å². The molecule has 0 fully saturated rings. The molecule has 0 saturated carbocycles. The number of rotatable bonds is 18.